The van der Waals surface area contributed by atoms with E-state index in [1.165, 1.54) is 26.3 Å². The lowest BCUT2D eigenvalue weighted by molar-refractivity contribution is -0.0512. The van der Waals surface area contributed by atoms with Gasteiger partial charge in [-0.1, -0.05) is 18.2 Å². The first kappa shape index (κ1) is 20.7. The summed E-state index contributed by atoms with van der Waals surface area (Å²) in [5, 5.41) is 4.57. The van der Waals surface area contributed by atoms with Gasteiger partial charge in [-0.3, -0.25) is 25.2 Å². The topological polar surface area (TPSA) is 112 Å². The van der Waals surface area contributed by atoms with Gasteiger partial charge in [-0.05, 0) is 24.3 Å². The fraction of sp³-hybridized carbons (Fsp3) is 0.158. The van der Waals surface area contributed by atoms with E-state index in [0.717, 1.165) is 10.7 Å². The summed E-state index contributed by atoms with van der Waals surface area (Å²) in [5.41, 5.74) is 3.99. The SMILES string of the molecule is COc1cc(C(=O)NNC(=O)c2nn(C)c(=O)c3ccccc23)ccc1OC(F)F. The summed E-state index contributed by atoms with van der Waals surface area (Å²) in [6.45, 7) is -3.05. The van der Waals surface area contributed by atoms with Crippen LogP contribution in [0.4, 0.5) is 8.78 Å². The molecule has 0 atom stereocenters. The molecule has 1 heterocycles. The lowest BCUT2D eigenvalue weighted by Gasteiger charge is -2.12. The molecule has 0 aliphatic heterocycles. The molecule has 0 radical (unpaired) electrons. The second-order valence-corrected chi connectivity index (χ2v) is 5.98. The highest BCUT2D eigenvalue weighted by Crippen LogP contribution is 2.29. The summed E-state index contributed by atoms with van der Waals surface area (Å²) in [6.07, 6.45) is 0. The average Bonchev–Trinajstić information content (AvgIpc) is 2.74. The molecule has 30 heavy (non-hydrogen) atoms. The van der Waals surface area contributed by atoms with Crippen molar-refractivity contribution in [2.75, 3.05) is 7.11 Å². The van der Waals surface area contributed by atoms with Crippen molar-refractivity contribution in [3.8, 4) is 11.5 Å². The van der Waals surface area contributed by atoms with E-state index in [1.807, 2.05) is 0 Å². The predicted octanol–water partition coefficient (Wildman–Crippen LogP) is 1.62. The number of halogens is 2. The zero-order valence-electron chi connectivity index (χ0n) is 15.8. The lowest BCUT2D eigenvalue weighted by Crippen LogP contribution is -2.42. The van der Waals surface area contributed by atoms with E-state index in [1.54, 1.807) is 24.3 Å². The standard InChI is InChI=1S/C19H16F2N4O5/c1-25-18(28)12-6-4-3-5-11(12)15(24-25)17(27)23-22-16(26)10-7-8-13(30-19(20)21)14(9-10)29-2/h3-9,19H,1-2H3,(H,22,26)(H,23,27). The minimum absolute atomic E-state index is 0.0204. The number of hydrazine groups is 1. The number of alkyl halides is 2. The number of nitrogens with zero attached hydrogens (tertiary/aromatic N) is 2. The lowest BCUT2D eigenvalue weighted by atomic mass is 10.1. The minimum atomic E-state index is -3.05. The van der Waals surface area contributed by atoms with E-state index in [4.69, 9.17) is 4.74 Å². The maximum atomic E-state index is 12.5. The van der Waals surface area contributed by atoms with Crippen molar-refractivity contribution in [3.05, 3.63) is 64.1 Å². The average molecular weight is 418 g/mol. The van der Waals surface area contributed by atoms with Crippen LogP contribution in [0, 0.1) is 0 Å². The molecular weight excluding hydrogens is 402 g/mol. The van der Waals surface area contributed by atoms with Gasteiger partial charge in [0.25, 0.3) is 17.4 Å². The molecule has 2 aromatic carbocycles. The number of methoxy groups -OCH3 is 1. The zero-order valence-corrected chi connectivity index (χ0v) is 15.8. The Bertz CT molecular complexity index is 1180. The van der Waals surface area contributed by atoms with E-state index in [2.05, 4.69) is 20.7 Å². The number of fused-ring (bicyclic) bond motifs is 1. The summed E-state index contributed by atoms with van der Waals surface area (Å²) in [4.78, 5) is 37.0. The smallest absolute Gasteiger partial charge is 0.387 e. The number of carbonyl (C=O) groups is 2. The third-order valence-corrected chi connectivity index (χ3v) is 4.10. The van der Waals surface area contributed by atoms with E-state index >= 15 is 0 Å². The molecule has 0 aliphatic rings. The molecule has 11 heteroatoms. The van der Waals surface area contributed by atoms with Crippen molar-refractivity contribution < 1.29 is 27.8 Å². The Balaban J connectivity index is 1.79. The third kappa shape index (κ3) is 4.19. The summed E-state index contributed by atoms with van der Waals surface area (Å²) >= 11 is 0. The van der Waals surface area contributed by atoms with Gasteiger partial charge in [0.1, 0.15) is 0 Å². The van der Waals surface area contributed by atoms with Crippen LogP contribution in [0.1, 0.15) is 20.8 Å². The Kier molecular flexibility index (Phi) is 5.90. The molecule has 0 spiro atoms. The van der Waals surface area contributed by atoms with Crippen molar-refractivity contribution in [2.24, 2.45) is 7.05 Å². The van der Waals surface area contributed by atoms with Gasteiger partial charge in [0.05, 0.1) is 12.5 Å². The monoisotopic (exact) mass is 418 g/mol. The number of nitrogens with one attached hydrogen (secondary N) is 2. The fourth-order valence-corrected chi connectivity index (χ4v) is 2.71. The molecule has 0 saturated heterocycles. The molecule has 1 aromatic heterocycles. The number of hydrogen-bond acceptors (Lipinski definition) is 6. The summed E-state index contributed by atoms with van der Waals surface area (Å²) in [5.74, 6) is -1.81. The zero-order chi connectivity index (χ0) is 21.8. The molecule has 2 amide bonds. The molecule has 3 aromatic rings. The van der Waals surface area contributed by atoms with Crippen molar-refractivity contribution in [3.63, 3.8) is 0 Å². The number of amides is 2. The number of aryl methyl sites for hydroxylation is 1. The van der Waals surface area contributed by atoms with Crippen LogP contribution in [-0.4, -0.2) is 35.3 Å². The maximum Gasteiger partial charge on any atom is 0.387 e. The number of aromatic nitrogens is 2. The van der Waals surface area contributed by atoms with Crippen LogP contribution in [0.15, 0.2) is 47.3 Å². The molecule has 0 fully saturated rings. The van der Waals surface area contributed by atoms with Gasteiger partial charge in [-0.15, -0.1) is 0 Å². The van der Waals surface area contributed by atoms with Gasteiger partial charge in [0.15, 0.2) is 17.2 Å². The molecule has 0 saturated carbocycles. The first-order valence-corrected chi connectivity index (χ1v) is 8.51. The summed E-state index contributed by atoms with van der Waals surface area (Å²) < 4.78 is 35.0. The van der Waals surface area contributed by atoms with Crippen molar-refractivity contribution in [1.82, 2.24) is 20.6 Å². The predicted molar refractivity (Wildman–Crippen MR) is 102 cm³/mol. The molecule has 3 rings (SSSR count). The van der Waals surface area contributed by atoms with Gasteiger partial charge in [0.2, 0.25) is 0 Å². The van der Waals surface area contributed by atoms with Gasteiger partial charge in [-0.25, -0.2) is 4.68 Å². The third-order valence-electron chi connectivity index (χ3n) is 4.10. The van der Waals surface area contributed by atoms with Gasteiger partial charge in [0, 0.05) is 18.0 Å². The number of carbonyl (C=O) groups excluding carboxylic acids is 2. The number of benzene rings is 2. The van der Waals surface area contributed by atoms with Gasteiger partial charge >= 0.3 is 6.61 Å². The second-order valence-electron chi connectivity index (χ2n) is 5.98. The highest BCUT2D eigenvalue weighted by atomic mass is 19.3. The van der Waals surface area contributed by atoms with Crippen molar-refractivity contribution in [2.45, 2.75) is 6.61 Å². The first-order chi connectivity index (χ1) is 14.3. The largest absolute Gasteiger partial charge is 0.493 e. The van der Waals surface area contributed by atoms with E-state index in [-0.39, 0.29) is 28.3 Å². The summed E-state index contributed by atoms with van der Waals surface area (Å²) in [6, 6.07) is 9.97. The highest BCUT2D eigenvalue weighted by molar-refractivity contribution is 6.06. The van der Waals surface area contributed by atoms with Crippen LogP contribution >= 0.6 is 0 Å². The molecule has 2 N–H and O–H groups in total. The minimum Gasteiger partial charge on any atom is -0.493 e. The quantitative estimate of drug-likeness (QED) is 0.609. The normalized spacial score (nSPS) is 10.7. The van der Waals surface area contributed by atoms with Crippen molar-refractivity contribution >= 4 is 22.6 Å². The van der Waals surface area contributed by atoms with Gasteiger partial charge < -0.3 is 9.47 Å². The highest BCUT2D eigenvalue weighted by Gasteiger charge is 2.18. The van der Waals surface area contributed by atoms with Crippen LogP contribution in [0.25, 0.3) is 10.8 Å². The molecule has 0 aliphatic carbocycles. The Hall–Kier alpha value is -4.02. The Morgan fingerprint density at radius 1 is 1.03 bits per heavy atom. The molecule has 9 nitrogen and oxygen atoms in total. The summed E-state index contributed by atoms with van der Waals surface area (Å²) in [7, 11) is 2.63. The van der Waals surface area contributed by atoms with Crippen molar-refractivity contribution in [1.29, 1.82) is 0 Å². The second kappa shape index (κ2) is 8.55. The first-order valence-electron chi connectivity index (χ1n) is 8.51. The molecule has 0 unspecified atom stereocenters. The van der Waals surface area contributed by atoms with Crippen LogP contribution in [0.5, 0.6) is 11.5 Å². The van der Waals surface area contributed by atoms with E-state index < -0.39 is 18.4 Å². The molecule has 0 bridgehead atoms. The van der Waals surface area contributed by atoms with Crippen LogP contribution in [-0.2, 0) is 7.05 Å². The molecule has 156 valence electrons. The van der Waals surface area contributed by atoms with Crippen LogP contribution in [0.3, 0.4) is 0 Å². The Labute approximate surface area is 168 Å². The fourth-order valence-electron chi connectivity index (χ4n) is 2.71. The Morgan fingerprint density at radius 2 is 1.70 bits per heavy atom. The van der Waals surface area contributed by atoms with Gasteiger partial charge in [-0.2, -0.15) is 13.9 Å². The maximum absolute atomic E-state index is 12.5. The number of rotatable bonds is 5. The Morgan fingerprint density at radius 3 is 2.37 bits per heavy atom. The number of hydrogen-bond donors (Lipinski definition) is 2. The molecular formula is C19H16F2N4O5. The number of ether oxygens (including phenoxy) is 2. The van der Waals surface area contributed by atoms with E-state index in [9.17, 15) is 23.2 Å². The van der Waals surface area contributed by atoms with E-state index in [0.29, 0.717) is 10.8 Å². The van der Waals surface area contributed by atoms with Crippen LogP contribution < -0.4 is 25.9 Å². The van der Waals surface area contributed by atoms with Crippen LogP contribution in [0.2, 0.25) is 0 Å².